The van der Waals surface area contributed by atoms with Gasteiger partial charge in [0.05, 0.1) is 0 Å². The van der Waals surface area contributed by atoms with E-state index in [1.807, 2.05) is 0 Å². The van der Waals surface area contributed by atoms with E-state index in [1.54, 1.807) is 0 Å². The average Bonchev–Trinajstić information content (AvgIpc) is 2.58. The Balaban J connectivity index is 0.000000433. The third-order valence-corrected chi connectivity index (χ3v) is 5.49. The van der Waals surface area contributed by atoms with Crippen molar-refractivity contribution in [1.82, 2.24) is 0 Å². The third kappa shape index (κ3) is 5.74. The Bertz CT molecular complexity index is 616. The lowest BCUT2D eigenvalue weighted by Gasteiger charge is -2.18. The van der Waals surface area contributed by atoms with Crippen LogP contribution in [0, 0.1) is 0 Å². The van der Waals surface area contributed by atoms with Crippen LogP contribution in [0.5, 0.6) is 0 Å². The second-order valence-electron chi connectivity index (χ2n) is 4.81. The van der Waals surface area contributed by atoms with Gasteiger partial charge in [0, 0.05) is 6.92 Å². The molecule has 3 heteroatoms. The first-order valence-electron chi connectivity index (χ1n) is 7.30. The molecule has 1 nitrogen and oxygen atoms in total. The van der Waals surface area contributed by atoms with Gasteiger partial charge in [0.1, 0.15) is 0 Å². The predicted octanol–water partition coefficient (Wildman–Crippen LogP) is 4.37. The quantitative estimate of drug-likeness (QED) is 0.483. The number of hydrogen-bond donors (Lipinski definition) is 0. The maximum atomic E-state index is 9.36. The molecule has 0 aliphatic rings. The fraction of sp³-hybridized carbons (Fsp3) is 0.0500. The molecule has 0 saturated heterocycles. The molecule has 0 N–H and O–H groups in total. The standard InChI is InChI=1S/C18H15P.C2H3BrO/c1-4-10-16(11-5-1)19(17-12-6-2-7-13-17)18-14-8-3-9-15-18;1-2(3)4/h1-15H;1H3. The van der Waals surface area contributed by atoms with E-state index in [2.05, 4.69) is 107 Å². The van der Waals surface area contributed by atoms with Gasteiger partial charge in [0.25, 0.3) is 0 Å². The minimum absolute atomic E-state index is 0.0208. The number of rotatable bonds is 3. The van der Waals surface area contributed by atoms with Crippen molar-refractivity contribution < 1.29 is 4.79 Å². The van der Waals surface area contributed by atoms with Crippen LogP contribution in [-0.4, -0.2) is 4.69 Å². The molecule has 0 aromatic heterocycles. The van der Waals surface area contributed by atoms with E-state index < -0.39 is 7.92 Å². The zero-order valence-corrected chi connectivity index (χ0v) is 15.4. The van der Waals surface area contributed by atoms with Gasteiger partial charge in [-0.05, 0) is 39.8 Å². The Morgan fingerprint density at radius 1 is 0.652 bits per heavy atom. The summed E-state index contributed by atoms with van der Waals surface area (Å²) in [7, 11) is -0.446. The maximum absolute atomic E-state index is 9.36. The lowest BCUT2D eigenvalue weighted by Crippen LogP contribution is -2.20. The first-order chi connectivity index (χ1) is 11.2. The minimum Gasteiger partial charge on any atom is -0.287 e. The highest BCUT2D eigenvalue weighted by molar-refractivity contribution is 9.18. The highest BCUT2D eigenvalue weighted by Crippen LogP contribution is 2.32. The molecule has 0 saturated carbocycles. The van der Waals surface area contributed by atoms with Crippen LogP contribution >= 0.6 is 23.9 Å². The van der Waals surface area contributed by atoms with Crippen LogP contribution in [0.4, 0.5) is 0 Å². The van der Waals surface area contributed by atoms with Gasteiger partial charge >= 0.3 is 0 Å². The van der Waals surface area contributed by atoms with Crippen LogP contribution in [0.1, 0.15) is 6.92 Å². The molecular formula is C20H18BrOP. The average molecular weight is 385 g/mol. The van der Waals surface area contributed by atoms with Crippen LogP contribution < -0.4 is 15.9 Å². The number of carbonyl (C=O) groups is 1. The first kappa shape index (κ1) is 17.6. The van der Waals surface area contributed by atoms with Gasteiger partial charge < -0.3 is 0 Å². The Kier molecular flexibility index (Phi) is 7.19. The summed E-state index contributed by atoms with van der Waals surface area (Å²) >= 11 is 2.63. The molecule has 0 bridgehead atoms. The molecule has 3 aromatic carbocycles. The summed E-state index contributed by atoms with van der Waals surface area (Å²) in [5, 5.41) is 4.19. The van der Waals surface area contributed by atoms with Gasteiger partial charge in [-0.2, -0.15) is 0 Å². The molecule has 0 unspecified atom stereocenters. The first-order valence-corrected chi connectivity index (χ1v) is 9.43. The van der Waals surface area contributed by atoms with E-state index >= 15 is 0 Å². The zero-order valence-electron chi connectivity index (χ0n) is 12.9. The minimum atomic E-state index is -0.446. The van der Waals surface area contributed by atoms with E-state index in [-0.39, 0.29) is 4.69 Å². The SMILES string of the molecule is CC(=O)Br.c1ccc(P(c2ccccc2)c2ccccc2)cc1. The van der Waals surface area contributed by atoms with Gasteiger partial charge in [-0.1, -0.05) is 91.0 Å². The molecule has 0 amide bonds. The van der Waals surface area contributed by atoms with Crippen molar-refractivity contribution in [3.63, 3.8) is 0 Å². The van der Waals surface area contributed by atoms with E-state index in [0.29, 0.717) is 0 Å². The summed E-state index contributed by atoms with van der Waals surface area (Å²) < 4.78 is -0.0208. The Hall–Kier alpha value is -1.76. The molecular weight excluding hydrogens is 367 g/mol. The van der Waals surface area contributed by atoms with Crippen LogP contribution in [0.2, 0.25) is 0 Å². The van der Waals surface area contributed by atoms with E-state index in [9.17, 15) is 4.79 Å². The summed E-state index contributed by atoms with van der Waals surface area (Å²) in [4.78, 5) is 9.36. The molecule has 0 atom stereocenters. The smallest absolute Gasteiger partial charge is 0.194 e. The second kappa shape index (κ2) is 9.39. The second-order valence-corrected chi connectivity index (χ2v) is 8.15. The molecule has 0 fully saturated rings. The van der Waals surface area contributed by atoms with Crippen molar-refractivity contribution >= 4 is 44.5 Å². The largest absolute Gasteiger partial charge is 0.287 e. The van der Waals surface area contributed by atoms with E-state index in [1.165, 1.54) is 22.8 Å². The zero-order chi connectivity index (χ0) is 16.5. The molecule has 0 spiro atoms. The van der Waals surface area contributed by atoms with Crippen LogP contribution in [0.3, 0.4) is 0 Å². The predicted molar refractivity (Wildman–Crippen MR) is 105 cm³/mol. The monoisotopic (exact) mass is 384 g/mol. The van der Waals surface area contributed by atoms with Crippen LogP contribution in [-0.2, 0) is 4.79 Å². The number of hydrogen-bond acceptors (Lipinski definition) is 1. The Morgan fingerprint density at radius 3 is 1.09 bits per heavy atom. The van der Waals surface area contributed by atoms with Crippen molar-refractivity contribution in [2.24, 2.45) is 0 Å². The van der Waals surface area contributed by atoms with Crippen molar-refractivity contribution in [1.29, 1.82) is 0 Å². The van der Waals surface area contributed by atoms with Gasteiger partial charge in [-0.25, -0.2) is 0 Å². The summed E-state index contributed by atoms with van der Waals surface area (Å²) in [6, 6.07) is 32.3. The molecule has 0 heterocycles. The van der Waals surface area contributed by atoms with Gasteiger partial charge in [0.2, 0.25) is 0 Å². The van der Waals surface area contributed by atoms with Gasteiger partial charge in [-0.3, -0.25) is 4.79 Å². The summed E-state index contributed by atoms with van der Waals surface area (Å²) in [6.07, 6.45) is 0. The van der Waals surface area contributed by atoms with Crippen molar-refractivity contribution in [2.75, 3.05) is 0 Å². The van der Waals surface area contributed by atoms with E-state index in [0.717, 1.165) is 0 Å². The molecule has 23 heavy (non-hydrogen) atoms. The topological polar surface area (TPSA) is 17.1 Å². The maximum Gasteiger partial charge on any atom is 0.194 e. The molecule has 0 aliphatic carbocycles. The fourth-order valence-electron chi connectivity index (χ4n) is 2.18. The van der Waals surface area contributed by atoms with Crippen molar-refractivity contribution in [3.8, 4) is 0 Å². The number of carbonyl (C=O) groups excluding carboxylic acids is 1. The van der Waals surface area contributed by atoms with Crippen LogP contribution in [0.25, 0.3) is 0 Å². The molecule has 3 rings (SSSR count). The van der Waals surface area contributed by atoms with E-state index in [4.69, 9.17) is 0 Å². The normalized spacial score (nSPS) is 9.87. The lowest BCUT2D eigenvalue weighted by atomic mass is 10.4. The number of benzene rings is 3. The summed E-state index contributed by atoms with van der Waals surface area (Å²) in [5.74, 6) is 0. The van der Waals surface area contributed by atoms with Gasteiger partial charge in [-0.15, -0.1) is 0 Å². The van der Waals surface area contributed by atoms with Gasteiger partial charge in [0.15, 0.2) is 4.69 Å². The Morgan fingerprint density at radius 2 is 0.870 bits per heavy atom. The number of halogens is 1. The third-order valence-electron chi connectivity index (χ3n) is 3.04. The summed E-state index contributed by atoms with van der Waals surface area (Å²) in [5.41, 5.74) is 0. The summed E-state index contributed by atoms with van der Waals surface area (Å²) in [6.45, 7) is 1.44. The van der Waals surface area contributed by atoms with Crippen LogP contribution in [0.15, 0.2) is 91.0 Å². The molecule has 116 valence electrons. The Labute approximate surface area is 147 Å². The molecule has 0 radical (unpaired) electrons. The molecule has 0 aliphatic heterocycles. The highest BCUT2D eigenvalue weighted by atomic mass is 79.9. The lowest BCUT2D eigenvalue weighted by molar-refractivity contribution is -0.108. The van der Waals surface area contributed by atoms with Crippen molar-refractivity contribution in [2.45, 2.75) is 6.92 Å². The highest BCUT2D eigenvalue weighted by Gasteiger charge is 2.14. The van der Waals surface area contributed by atoms with Crippen molar-refractivity contribution in [3.05, 3.63) is 91.0 Å². The molecule has 3 aromatic rings. The fourth-order valence-corrected chi connectivity index (χ4v) is 4.48.